The highest BCUT2D eigenvalue weighted by Crippen LogP contribution is 2.21. The van der Waals surface area contributed by atoms with E-state index in [1.807, 2.05) is 21.1 Å². The van der Waals surface area contributed by atoms with Gasteiger partial charge in [0, 0.05) is 12.8 Å². The zero-order chi connectivity index (χ0) is 67.5. The number of unbranched alkanes of at least 4 members (excludes halogenated alkanes) is 63. The molecule has 0 heterocycles. The van der Waals surface area contributed by atoms with E-state index in [0.717, 1.165) is 38.5 Å². The molecule has 0 aromatic heterocycles. The zero-order valence-electron chi connectivity index (χ0n) is 63.4. The van der Waals surface area contributed by atoms with Gasteiger partial charge in [-0.15, -0.1) is 0 Å². The minimum atomic E-state index is -1.62. The van der Waals surface area contributed by atoms with Gasteiger partial charge in [0.25, 0.3) is 0 Å². The van der Waals surface area contributed by atoms with Crippen LogP contribution >= 0.6 is 0 Å². The molecule has 0 saturated heterocycles. The summed E-state index contributed by atoms with van der Waals surface area (Å²) in [6, 6.07) is 0. The number of nitrogens with zero attached hydrogens (tertiary/aromatic N) is 1. The third-order valence-corrected chi connectivity index (χ3v) is 19.5. The van der Waals surface area contributed by atoms with Crippen molar-refractivity contribution in [2.24, 2.45) is 0 Å². The first-order chi connectivity index (χ1) is 45.6. The first-order valence-corrected chi connectivity index (χ1v) is 41.8. The maximum Gasteiger partial charge on any atom is 0.306 e. The van der Waals surface area contributed by atoms with Gasteiger partial charge in [-0.05, 0) is 38.5 Å². The van der Waals surface area contributed by atoms with E-state index in [-0.39, 0.29) is 32.2 Å². The van der Waals surface area contributed by atoms with Crippen molar-refractivity contribution in [2.45, 2.75) is 463 Å². The average molecular weight is 1320 g/mol. The fraction of sp³-hybridized carbons (Fsp3) is 0.940. The van der Waals surface area contributed by atoms with Crippen molar-refractivity contribution in [3.05, 3.63) is 12.2 Å². The number of likely N-dealkylation sites (N-methyl/N-ethyl adjacent to an activating group) is 1. The van der Waals surface area contributed by atoms with Crippen LogP contribution in [0.5, 0.6) is 0 Å². The van der Waals surface area contributed by atoms with Gasteiger partial charge < -0.3 is 33.3 Å². The first-order valence-electron chi connectivity index (χ1n) is 41.8. The smallest absolute Gasteiger partial charge is 0.306 e. The Labute approximate surface area is 580 Å². The van der Waals surface area contributed by atoms with Crippen molar-refractivity contribution in [3.63, 3.8) is 0 Å². The van der Waals surface area contributed by atoms with Crippen molar-refractivity contribution in [1.29, 1.82) is 0 Å². The lowest BCUT2D eigenvalue weighted by Gasteiger charge is -2.26. The molecule has 0 aliphatic carbocycles. The molecule has 0 amide bonds. The number of carbonyl (C=O) groups is 3. The Balaban J connectivity index is 3.93. The first kappa shape index (κ1) is 91.0. The van der Waals surface area contributed by atoms with Gasteiger partial charge >= 0.3 is 11.9 Å². The van der Waals surface area contributed by atoms with Crippen LogP contribution in [-0.4, -0.2) is 82.3 Å². The lowest BCUT2D eigenvalue weighted by molar-refractivity contribution is -0.870. The van der Waals surface area contributed by atoms with E-state index in [0.29, 0.717) is 17.4 Å². The third kappa shape index (κ3) is 77.3. The average Bonchev–Trinajstić information content (AvgIpc) is 3.73. The Morgan fingerprint density at radius 3 is 0.796 bits per heavy atom. The van der Waals surface area contributed by atoms with E-state index >= 15 is 0 Å². The van der Waals surface area contributed by atoms with Gasteiger partial charge in [0.1, 0.15) is 13.2 Å². The maximum absolute atomic E-state index is 13.0. The van der Waals surface area contributed by atoms with Gasteiger partial charge in [0.15, 0.2) is 12.4 Å². The second-order valence-corrected chi connectivity index (χ2v) is 30.1. The van der Waals surface area contributed by atoms with E-state index < -0.39 is 24.3 Å². The second kappa shape index (κ2) is 75.8. The third-order valence-electron chi connectivity index (χ3n) is 19.5. The number of aliphatic carboxylic acids is 1. The number of ether oxygens (including phenoxy) is 4. The predicted octanol–water partition coefficient (Wildman–Crippen LogP) is 25.4. The SMILES string of the molecule is CCCCCCCCCC/C=C\CCCCCCCCCCCCCCCCCCCCCCCCCCCC(=O)OC(COC(=O)CCCCCCCCCCCCCCCCCCCCCCCCCCCCCCCCC)COC(OCC[N+](C)(C)C)C(=O)[O-]. The van der Waals surface area contributed by atoms with Crippen LogP contribution in [0.2, 0.25) is 0 Å². The Morgan fingerprint density at radius 1 is 0.312 bits per heavy atom. The van der Waals surface area contributed by atoms with Crippen LogP contribution in [0.25, 0.3) is 0 Å². The van der Waals surface area contributed by atoms with Gasteiger partial charge in [0.05, 0.1) is 40.3 Å². The highest BCUT2D eigenvalue weighted by molar-refractivity contribution is 5.70. The molecule has 0 spiro atoms. The summed E-state index contributed by atoms with van der Waals surface area (Å²) in [7, 11) is 5.96. The molecule has 2 atom stereocenters. The molecule has 0 N–H and O–H groups in total. The molecule has 9 heteroatoms. The zero-order valence-corrected chi connectivity index (χ0v) is 63.4. The number of quaternary nitrogens is 1. The summed E-state index contributed by atoms with van der Waals surface area (Å²) in [5.74, 6) is -2.24. The minimum absolute atomic E-state index is 0.153. The summed E-state index contributed by atoms with van der Waals surface area (Å²) < 4.78 is 22.9. The predicted molar refractivity (Wildman–Crippen MR) is 399 cm³/mol. The lowest BCUT2D eigenvalue weighted by atomic mass is 10.0. The molecular weight excluding hydrogens is 1150 g/mol. The molecule has 93 heavy (non-hydrogen) atoms. The largest absolute Gasteiger partial charge is 0.545 e. The van der Waals surface area contributed by atoms with E-state index in [1.54, 1.807) is 0 Å². The Hall–Kier alpha value is -1.97. The monoisotopic (exact) mass is 1310 g/mol. The quantitative estimate of drug-likeness (QED) is 0.0195. The molecule has 0 aromatic carbocycles. The van der Waals surface area contributed by atoms with Crippen molar-refractivity contribution >= 4 is 17.9 Å². The molecule has 0 aliphatic heterocycles. The molecule has 2 unspecified atom stereocenters. The molecule has 0 saturated carbocycles. The molecule has 0 radical (unpaired) electrons. The van der Waals surface area contributed by atoms with Crippen LogP contribution in [0.15, 0.2) is 12.2 Å². The van der Waals surface area contributed by atoms with Crippen LogP contribution in [0.1, 0.15) is 450 Å². The lowest BCUT2D eigenvalue weighted by Crippen LogP contribution is -2.44. The summed E-state index contributed by atoms with van der Waals surface area (Å²) in [5, 5.41) is 11.9. The summed E-state index contributed by atoms with van der Waals surface area (Å²) in [6.07, 6.45) is 92.2. The number of esters is 2. The van der Waals surface area contributed by atoms with E-state index in [1.165, 1.54) is 385 Å². The topological polar surface area (TPSA) is 111 Å². The number of rotatable bonds is 80. The van der Waals surface area contributed by atoms with Crippen molar-refractivity contribution in [3.8, 4) is 0 Å². The maximum atomic E-state index is 13.0. The number of carboxylic acid groups (broad SMARTS) is 1. The standard InChI is InChI=1S/C84H163NO8/c1-6-8-10-12-14-16-18-20-22-24-26-28-30-32-34-36-38-39-40-41-42-43-45-47-49-51-53-55-57-59-61-63-65-67-69-71-73-75-82(87)93-80(79-92-84(83(88)89)90-77-76-85(3,4)5)78-91-81(86)74-72-70-68-66-64-62-60-58-56-54-52-50-48-46-44-37-35-33-31-29-27-25-23-21-19-17-15-13-11-9-7-2/h24,26,80,84H,6-23,25,27-79H2,1-5H3/b26-24-. The highest BCUT2D eigenvalue weighted by atomic mass is 16.7. The molecule has 0 aliphatic rings. The number of carboxylic acids is 1. The van der Waals surface area contributed by atoms with Gasteiger partial charge in [0.2, 0.25) is 0 Å². The molecule has 0 aromatic rings. The number of hydrogen-bond donors (Lipinski definition) is 0. The molecule has 0 bridgehead atoms. The molecular formula is C84H163NO8. The van der Waals surface area contributed by atoms with Gasteiger partial charge in [-0.25, -0.2) is 0 Å². The van der Waals surface area contributed by atoms with Crippen molar-refractivity contribution < 1.29 is 42.9 Å². The van der Waals surface area contributed by atoms with Crippen LogP contribution < -0.4 is 5.11 Å². The molecule has 0 fully saturated rings. The summed E-state index contributed by atoms with van der Waals surface area (Å²) in [6.45, 7) is 4.85. The second-order valence-electron chi connectivity index (χ2n) is 30.1. The Kier molecular flexibility index (Phi) is 74.2. The fourth-order valence-electron chi connectivity index (χ4n) is 13.1. The van der Waals surface area contributed by atoms with E-state index in [2.05, 4.69) is 26.0 Å². The van der Waals surface area contributed by atoms with Gasteiger partial charge in [-0.1, -0.05) is 411 Å². The summed E-state index contributed by atoms with van der Waals surface area (Å²) >= 11 is 0. The van der Waals surface area contributed by atoms with Crippen LogP contribution in [0, 0.1) is 0 Å². The van der Waals surface area contributed by atoms with Gasteiger partial charge in [-0.3, -0.25) is 9.59 Å². The van der Waals surface area contributed by atoms with Crippen molar-refractivity contribution in [1.82, 2.24) is 0 Å². The van der Waals surface area contributed by atoms with Crippen LogP contribution in [0.4, 0.5) is 0 Å². The Bertz CT molecular complexity index is 1530. The number of carbonyl (C=O) groups excluding carboxylic acids is 3. The fourth-order valence-corrected chi connectivity index (χ4v) is 13.1. The summed E-state index contributed by atoms with van der Waals surface area (Å²) in [4.78, 5) is 37.6. The summed E-state index contributed by atoms with van der Waals surface area (Å²) in [5.41, 5.74) is 0. The minimum Gasteiger partial charge on any atom is -0.545 e. The van der Waals surface area contributed by atoms with E-state index in [9.17, 15) is 19.5 Å². The Morgan fingerprint density at radius 2 is 0.548 bits per heavy atom. The molecule has 552 valence electrons. The number of allylic oxidation sites excluding steroid dienone is 2. The van der Waals surface area contributed by atoms with Gasteiger partial charge in [-0.2, -0.15) is 0 Å². The normalized spacial score (nSPS) is 12.6. The van der Waals surface area contributed by atoms with Crippen LogP contribution in [-0.2, 0) is 33.3 Å². The van der Waals surface area contributed by atoms with Crippen LogP contribution in [0.3, 0.4) is 0 Å². The highest BCUT2D eigenvalue weighted by Gasteiger charge is 2.22. The molecule has 0 rings (SSSR count). The number of hydrogen-bond acceptors (Lipinski definition) is 8. The molecule has 9 nitrogen and oxygen atoms in total. The van der Waals surface area contributed by atoms with E-state index in [4.69, 9.17) is 18.9 Å². The van der Waals surface area contributed by atoms with Crippen molar-refractivity contribution in [2.75, 3.05) is 47.5 Å².